The third kappa shape index (κ3) is 3.39. The minimum absolute atomic E-state index is 0.0728. The Kier molecular flexibility index (Phi) is 4.39. The van der Waals surface area contributed by atoms with Gasteiger partial charge in [-0.2, -0.15) is 0 Å². The van der Waals surface area contributed by atoms with Gasteiger partial charge in [0.25, 0.3) is 5.91 Å². The highest BCUT2D eigenvalue weighted by Gasteiger charge is 2.32. The van der Waals surface area contributed by atoms with Crippen LogP contribution < -0.4 is 4.90 Å². The molecule has 1 atom stereocenters. The van der Waals surface area contributed by atoms with Crippen LogP contribution in [-0.4, -0.2) is 48.1 Å². The van der Waals surface area contributed by atoms with Gasteiger partial charge in [0.2, 0.25) is 5.91 Å². The maximum absolute atomic E-state index is 12.8. The number of carbonyl (C=O) groups is 2. The van der Waals surface area contributed by atoms with E-state index in [0.29, 0.717) is 36.7 Å². The first-order valence-corrected chi connectivity index (χ1v) is 8.32. The molecule has 1 heterocycles. The summed E-state index contributed by atoms with van der Waals surface area (Å²) in [6.07, 6.45) is 3.00. The molecule has 1 saturated heterocycles. The first kappa shape index (κ1) is 16.0. The van der Waals surface area contributed by atoms with Crippen LogP contribution in [0.4, 0.5) is 5.69 Å². The molecular weight excluding hydrogens is 292 g/mol. The lowest BCUT2D eigenvalue weighted by molar-refractivity contribution is -0.117. The van der Waals surface area contributed by atoms with E-state index in [9.17, 15) is 14.7 Å². The number of hydrogen-bond donors (Lipinski definition) is 1. The molecule has 0 aromatic heterocycles. The maximum Gasteiger partial charge on any atom is 0.255 e. The summed E-state index contributed by atoms with van der Waals surface area (Å²) in [6.45, 7) is 2.94. The van der Waals surface area contributed by atoms with Crippen molar-refractivity contribution in [3.8, 4) is 0 Å². The second-order valence-corrected chi connectivity index (χ2v) is 6.76. The molecule has 124 valence electrons. The van der Waals surface area contributed by atoms with Gasteiger partial charge in [0.15, 0.2) is 0 Å². The monoisotopic (exact) mass is 316 g/mol. The van der Waals surface area contributed by atoms with Crippen molar-refractivity contribution in [1.29, 1.82) is 0 Å². The molecule has 5 heteroatoms. The highest BCUT2D eigenvalue weighted by Crippen LogP contribution is 2.33. The minimum atomic E-state index is -0.453. The molecule has 1 saturated carbocycles. The van der Waals surface area contributed by atoms with Gasteiger partial charge in [0.1, 0.15) is 0 Å². The summed E-state index contributed by atoms with van der Waals surface area (Å²) in [5.41, 5.74) is 2.22. The number of aliphatic hydroxyl groups excluding tert-OH is 1. The van der Waals surface area contributed by atoms with Gasteiger partial charge in [0.05, 0.1) is 17.4 Å². The Hall–Kier alpha value is -1.88. The summed E-state index contributed by atoms with van der Waals surface area (Å²) in [5, 5.41) is 10.1. The molecule has 1 unspecified atom stereocenters. The van der Waals surface area contributed by atoms with Crippen molar-refractivity contribution in [2.45, 2.75) is 38.7 Å². The number of likely N-dealkylation sites (N-methyl/N-ethyl adjacent to an activating group) is 1. The minimum Gasteiger partial charge on any atom is -0.391 e. The molecule has 2 amide bonds. The number of anilines is 1. The third-order valence-electron chi connectivity index (χ3n) is 4.72. The largest absolute Gasteiger partial charge is 0.391 e. The molecule has 2 aliphatic rings. The predicted octanol–water partition coefficient (Wildman–Crippen LogP) is 1.96. The predicted molar refractivity (Wildman–Crippen MR) is 88.5 cm³/mol. The average molecular weight is 316 g/mol. The summed E-state index contributed by atoms with van der Waals surface area (Å²) in [6, 6.07) is 5.62. The molecule has 1 aliphatic carbocycles. The van der Waals surface area contributed by atoms with Gasteiger partial charge in [-0.1, -0.05) is 11.6 Å². The van der Waals surface area contributed by atoms with Crippen molar-refractivity contribution >= 4 is 17.5 Å². The number of carbonyl (C=O) groups excluding carboxylic acids is 2. The van der Waals surface area contributed by atoms with Gasteiger partial charge in [-0.25, -0.2) is 0 Å². The zero-order chi connectivity index (χ0) is 16.6. The van der Waals surface area contributed by atoms with Crippen LogP contribution in [0.15, 0.2) is 18.2 Å². The quantitative estimate of drug-likeness (QED) is 0.903. The molecular formula is C18H24N2O3. The molecule has 0 bridgehead atoms. The number of benzene rings is 1. The summed E-state index contributed by atoms with van der Waals surface area (Å²) in [4.78, 5) is 28.2. The zero-order valence-corrected chi connectivity index (χ0v) is 13.8. The van der Waals surface area contributed by atoms with Crippen molar-refractivity contribution in [3.63, 3.8) is 0 Å². The van der Waals surface area contributed by atoms with E-state index in [0.717, 1.165) is 24.8 Å². The summed E-state index contributed by atoms with van der Waals surface area (Å²) >= 11 is 0. The fourth-order valence-corrected chi connectivity index (χ4v) is 3.16. The summed E-state index contributed by atoms with van der Waals surface area (Å²) in [5.74, 6) is 0.272. The van der Waals surface area contributed by atoms with Crippen molar-refractivity contribution < 1.29 is 14.7 Å². The SMILES string of the molecule is Cc1ccc(N2CCCC2=O)c(C(=O)N(C)CC(O)C2CC2)c1. The summed E-state index contributed by atoms with van der Waals surface area (Å²) < 4.78 is 0. The van der Waals surface area contributed by atoms with E-state index in [1.807, 2.05) is 25.1 Å². The van der Waals surface area contributed by atoms with Crippen LogP contribution in [0, 0.1) is 12.8 Å². The zero-order valence-electron chi connectivity index (χ0n) is 13.8. The molecule has 23 heavy (non-hydrogen) atoms. The fourth-order valence-electron chi connectivity index (χ4n) is 3.16. The highest BCUT2D eigenvalue weighted by molar-refractivity contribution is 6.05. The second kappa shape index (κ2) is 6.32. The number of rotatable bonds is 5. The molecule has 3 rings (SSSR count). The van der Waals surface area contributed by atoms with Gasteiger partial charge < -0.3 is 14.9 Å². The highest BCUT2D eigenvalue weighted by atomic mass is 16.3. The van der Waals surface area contributed by atoms with E-state index in [2.05, 4.69) is 0 Å². The standard InChI is InChI=1S/C18H24N2O3/c1-12-5-8-15(20-9-3-4-17(20)22)14(10-12)18(23)19(2)11-16(21)13-6-7-13/h5,8,10,13,16,21H,3-4,6-7,9,11H2,1-2H3. The van der Waals surface area contributed by atoms with Crippen LogP contribution in [0.25, 0.3) is 0 Å². The van der Waals surface area contributed by atoms with Crippen LogP contribution in [0.2, 0.25) is 0 Å². The van der Waals surface area contributed by atoms with Gasteiger partial charge in [-0.15, -0.1) is 0 Å². The molecule has 0 spiro atoms. The smallest absolute Gasteiger partial charge is 0.255 e. The van der Waals surface area contributed by atoms with E-state index in [-0.39, 0.29) is 11.8 Å². The van der Waals surface area contributed by atoms with Crippen LogP contribution in [0.1, 0.15) is 41.6 Å². The topological polar surface area (TPSA) is 60.9 Å². The lowest BCUT2D eigenvalue weighted by atomic mass is 10.1. The normalized spacial score (nSPS) is 19.1. The Morgan fingerprint density at radius 2 is 2.17 bits per heavy atom. The van der Waals surface area contributed by atoms with E-state index in [1.54, 1.807) is 16.8 Å². The van der Waals surface area contributed by atoms with Gasteiger partial charge in [-0.3, -0.25) is 9.59 Å². The van der Waals surface area contributed by atoms with Crippen molar-refractivity contribution in [2.75, 3.05) is 25.0 Å². The number of hydrogen-bond acceptors (Lipinski definition) is 3. The molecule has 1 aromatic carbocycles. The molecule has 2 fully saturated rings. The van der Waals surface area contributed by atoms with Crippen molar-refractivity contribution in [2.24, 2.45) is 5.92 Å². The summed E-state index contributed by atoms with van der Waals surface area (Å²) in [7, 11) is 1.71. The van der Waals surface area contributed by atoms with E-state index in [4.69, 9.17) is 0 Å². The average Bonchev–Trinajstić information content (AvgIpc) is 3.29. The lowest BCUT2D eigenvalue weighted by Crippen LogP contribution is -2.36. The molecule has 1 N–H and O–H groups in total. The Morgan fingerprint density at radius 3 is 2.78 bits per heavy atom. The number of aliphatic hydroxyl groups is 1. The second-order valence-electron chi connectivity index (χ2n) is 6.76. The van der Waals surface area contributed by atoms with Crippen molar-refractivity contribution in [1.82, 2.24) is 4.90 Å². The van der Waals surface area contributed by atoms with Crippen LogP contribution in [0.5, 0.6) is 0 Å². The van der Waals surface area contributed by atoms with Gasteiger partial charge in [-0.05, 0) is 44.2 Å². The van der Waals surface area contributed by atoms with Gasteiger partial charge in [0, 0.05) is 26.6 Å². The van der Waals surface area contributed by atoms with E-state index in [1.165, 1.54) is 0 Å². The molecule has 0 radical (unpaired) electrons. The van der Waals surface area contributed by atoms with Crippen LogP contribution in [-0.2, 0) is 4.79 Å². The van der Waals surface area contributed by atoms with Gasteiger partial charge >= 0.3 is 0 Å². The Bertz CT molecular complexity index is 625. The fraction of sp³-hybridized carbons (Fsp3) is 0.556. The Morgan fingerprint density at radius 1 is 1.43 bits per heavy atom. The number of nitrogens with zero attached hydrogens (tertiary/aromatic N) is 2. The Balaban J connectivity index is 1.83. The van der Waals surface area contributed by atoms with E-state index >= 15 is 0 Å². The van der Waals surface area contributed by atoms with Crippen LogP contribution in [0.3, 0.4) is 0 Å². The number of aryl methyl sites for hydroxylation is 1. The first-order valence-electron chi connectivity index (χ1n) is 8.32. The van der Waals surface area contributed by atoms with Crippen LogP contribution >= 0.6 is 0 Å². The maximum atomic E-state index is 12.8. The molecule has 1 aliphatic heterocycles. The van der Waals surface area contributed by atoms with E-state index < -0.39 is 6.10 Å². The lowest BCUT2D eigenvalue weighted by Gasteiger charge is -2.25. The first-order chi connectivity index (χ1) is 11.0. The molecule has 1 aromatic rings. The Labute approximate surface area is 136 Å². The van der Waals surface area contributed by atoms with Crippen molar-refractivity contribution in [3.05, 3.63) is 29.3 Å². The third-order valence-corrected chi connectivity index (χ3v) is 4.72. The molecule has 5 nitrogen and oxygen atoms in total. The number of amides is 2.